The molecule has 5 nitrogen and oxygen atoms in total. The van der Waals surface area contributed by atoms with E-state index in [1.165, 1.54) is 18.9 Å². The zero-order valence-electron chi connectivity index (χ0n) is 17.1. The summed E-state index contributed by atoms with van der Waals surface area (Å²) in [6.07, 6.45) is 2.39. The van der Waals surface area contributed by atoms with Crippen LogP contribution in [0.1, 0.15) is 52.1 Å². The monoisotopic (exact) mass is 492 g/mol. The Morgan fingerprint density at radius 3 is 2.56 bits per heavy atom. The highest BCUT2D eigenvalue weighted by Gasteiger charge is 2.22. The second-order valence-electron chi connectivity index (χ2n) is 7.99. The standard InChI is InChI=1S/C20H33FN4O.HI/c1-14(25-19(22-5)23-10-11-24-20(2,3)4)16-8-9-18(17(21)12-16)26-13-15-6-7-15;/h8-9,12,14-15,24H,6-7,10-11,13H2,1-5H3,(H2,22,23,25);1H. The van der Waals surface area contributed by atoms with Gasteiger partial charge in [-0.05, 0) is 64.2 Å². The lowest BCUT2D eigenvalue weighted by Crippen LogP contribution is -2.45. The molecular weight excluding hydrogens is 458 g/mol. The highest BCUT2D eigenvalue weighted by molar-refractivity contribution is 14.0. The molecule has 0 aliphatic heterocycles. The molecule has 1 atom stereocenters. The molecule has 1 saturated carbocycles. The van der Waals surface area contributed by atoms with Crippen LogP contribution in [0.25, 0.3) is 0 Å². The van der Waals surface area contributed by atoms with Crippen LogP contribution >= 0.6 is 24.0 Å². The minimum absolute atomic E-state index is 0. The lowest BCUT2D eigenvalue weighted by atomic mass is 10.1. The predicted molar refractivity (Wildman–Crippen MR) is 121 cm³/mol. The smallest absolute Gasteiger partial charge is 0.191 e. The van der Waals surface area contributed by atoms with Gasteiger partial charge in [-0.3, -0.25) is 4.99 Å². The maximum Gasteiger partial charge on any atom is 0.191 e. The molecule has 2 rings (SSSR count). The predicted octanol–water partition coefficient (Wildman–Crippen LogP) is 3.85. The van der Waals surface area contributed by atoms with Crippen LogP contribution in [-0.2, 0) is 0 Å². The lowest BCUT2D eigenvalue weighted by molar-refractivity contribution is 0.285. The molecule has 1 aromatic carbocycles. The Morgan fingerprint density at radius 2 is 2.00 bits per heavy atom. The zero-order chi connectivity index (χ0) is 19.2. The summed E-state index contributed by atoms with van der Waals surface area (Å²) in [6.45, 7) is 10.6. The molecular formula is C20H34FIN4O. The Labute approximate surface area is 180 Å². The van der Waals surface area contributed by atoms with Crippen LogP contribution < -0.4 is 20.7 Å². The van der Waals surface area contributed by atoms with Crippen LogP contribution in [0.5, 0.6) is 5.75 Å². The first-order valence-corrected chi connectivity index (χ1v) is 9.43. The number of halogens is 2. The van der Waals surface area contributed by atoms with Crippen molar-refractivity contribution in [2.75, 3.05) is 26.7 Å². The average Bonchev–Trinajstić information content (AvgIpc) is 3.39. The highest BCUT2D eigenvalue weighted by atomic mass is 127. The SMILES string of the molecule is CN=C(NCCNC(C)(C)C)NC(C)c1ccc(OCC2CC2)c(F)c1.I. The van der Waals surface area contributed by atoms with E-state index >= 15 is 0 Å². The lowest BCUT2D eigenvalue weighted by Gasteiger charge is -2.22. The summed E-state index contributed by atoms with van der Waals surface area (Å²) in [5.41, 5.74) is 0.948. The number of rotatable bonds is 8. The molecule has 0 amide bonds. The third-order valence-electron chi connectivity index (χ3n) is 4.28. The molecule has 7 heteroatoms. The van der Waals surface area contributed by atoms with Crippen LogP contribution in [0.2, 0.25) is 0 Å². The van der Waals surface area contributed by atoms with Crippen LogP contribution in [-0.4, -0.2) is 38.2 Å². The van der Waals surface area contributed by atoms with Gasteiger partial charge in [-0.25, -0.2) is 4.39 Å². The van der Waals surface area contributed by atoms with Crippen LogP contribution in [0.3, 0.4) is 0 Å². The summed E-state index contributed by atoms with van der Waals surface area (Å²) < 4.78 is 19.8. The van der Waals surface area contributed by atoms with Crippen molar-refractivity contribution in [3.8, 4) is 5.75 Å². The third-order valence-corrected chi connectivity index (χ3v) is 4.28. The number of nitrogens with one attached hydrogen (secondary N) is 3. The van der Waals surface area contributed by atoms with Crippen molar-refractivity contribution in [3.63, 3.8) is 0 Å². The first-order chi connectivity index (χ1) is 12.3. The van der Waals surface area contributed by atoms with Gasteiger partial charge in [-0.15, -0.1) is 24.0 Å². The molecule has 1 fully saturated rings. The fourth-order valence-corrected chi connectivity index (χ4v) is 2.50. The van der Waals surface area contributed by atoms with Gasteiger partial charge in [0.05, 0.1) is 12.6 Å². The summed E-state index contributed by atoms with van der Waals surface area (Å²) in [7, 11) is 1.73. The fraction of sp³-hybridized carbons (Fsp3) is 0.650. The van der Waals surface area contributed by atoms with Crippen molar-refractivity contribution < 1.29 is 9.13 Å². The van der Waals surface area contributed by atoms with Gasteiger partial charge in [0.25, 0.3) is 0 Å². The summed E-state index contributed by atoms with van der Waals surface area (Å²) >= 11 is 0. The van der Waals surface area contributed by atoms with Crippen molar-refractivity contribution in [2.45, 2.75) is 52.1 Å². The average molecular weight is 492 g/mol. The van der Waals surface area contributed by atoms with Gasteiger partial charge in [0.2, 0.25) is 0 Å². The summed E-state index contributed by atoms with van der Waals surface area (Å²) in [5.74, 6) is 1.33. The second-order valence-corrected chi connectivity index (χ2v) is 7.99. The van der Waals surface area contributed by atoms with E-state index in [2.05, 4.69) is 41.7 Å². The van der Waals surface area contributed by atoms with Crippen LogP contribution in [0.4, 0.5) is 4.39 Å². The molecule has 0 aromatic heterocycles. The quantitative estimate of drug-likeness (QED) is 0.224. The number of aliphatic imine (C=N–C) groups is 1. The largest absolute Gasteiger partial charge is 0.490 e. The Hall–Kier alpha value is -1.09. The molecule has 0 spiro atoms. The van der Waals surface area contributed by atoms with Gasteiger partial charge in [0.1, 0.15) is 0 Å². The topological polar surface area (TPSA) is 57.7 Å². The van der Waals surface area contributed by atoms with E-state index in [1.54, 1.807) is 13.1 Å². The van der Waals surface area contributed by atoms with Crippen molar-refractivity contribution in [1.29, 1.82) is 0 Å². The van der Waals surface area contributed by atoms with E-state index in [4.69, 9.17) is 4.74 Å². The van der Waals surface area contributed by atoms with E-state index in [9.17, 15) is 4.39 Å². The molecule has 3 N–H and O–H groups in total. The normalized spacial score (nSPS) is 15.7. The molecule has 154 valence electrons. The number of guanidine groups is 1. The van der Waals surface area contributed by atoms with Crippen molar-refractivity contribution >= 4 is 29.9 Å². The molecule has 0 saturated heterocycles. The molecule has 1 aliphatic carbocycles. The number of ether oxygens (including phenoxy) is 1. The number of nitrogens with zero attached hydrogens (tertiary/aromatic N) is 1. The van der Waals surface area contributed by atoms with Gasteiger partial charge in [0.15, 0.2) is 17.5 Å². The van der Waals surface area contributed by atoms with Gasteiger partial charge in [0, 0.05) is 25.7 Å². The maximum atomic E-state index is 14.3. The summed E-state index contributed by atoms with van der Waals surface area (Å²) in [5, 5.41) is 9.97. The van der Waals surface area contributed by atoms with Crippen molar-refractivity contribution in [2.24, 2.45) is 10.9 Å². The molecule has 0 heterocycles. The van der Waals surface area contributed by atoms with E-state index in [0.29, 0.717) is 24.2 Å². The van der Waals surface area contributed by atoms with E-state index < -0.39 is 0 Å². The molecule has 27 heavy (non-hydrogen) atoms. The number of benzene rings is 1. The first-order valence-electron chi connectivity index (χ1n) is 9.43. The Morgan fingerprint density at radius 1 is 1.30 bits per heavy atom. The Kier molecular flexibility index (Phi) is 9.80. The van der Waals surface area contributed by atoms with Crippen molar-refractivity contribution in [3.05, 3.63) is 29.6 Å². The fourth-order valence-electron chi connectivity index (χ4n) is 2.50. The Balaban J connectivity index is 0.00000364. The molecule has 1 aromatic rings. The van der Waals surface area contributed by atoms with Gasteiger partial charge < -0.3 is 20.7 Å². The third kappa shape index (κ3) is 9.10. The summed E-state index contributed by atoms with van der Waals surface area (Å²) in [4.78, 5) is 4.23. The molecule has 0 radical (unpaired) electrons. The van der Waals surface area contributed by atoms with Gasteiger partial charge >= 0.3 is 0 Å². The highest BCUT2D eigenvalue weighted by Crippen LogP contribution is 2.30. The van der Waals surface area contributed by atoms with Crippen LogP contribution in [0.15, 0.2) is 23.2 Å². The van der Waals surface area contributed by atoms with Gasteiger partial charge in [-0.1, -0.05) is 6.07 Å². The van der Waals surface area contributed by atoms with E-state index in [0.717, 1.165) is 18.7 Å². The zero-order valence-corrected chi connectivity index (χ0v) is 19.4. The van der Waals surface area contributed by atoms with Crippen LogP contribution in [0, 0.1) is 11.7 Å². The second kappa shape index (κ2) is 11.0. The van der Waals surface area contributed by atoms with E-state index in [-0.39, 0.29) is 41.4 Å². The maximum absolute atomic E-state index is 14.3. The summed E-state index contributed by atoms with van der Waals surface area (Å²) in [6, 6.07) is 5.09. The first kappa shape index (κ1) is 23.9. The Bertz CT molecular complexity index is 614. The van der Waals surface area contributed by atoms with E-state index in [1.807, 2.05) is 13.0 Å². The molecule has 1 aliphatic rings. The molecule has 0 bridgehead atoms. The van der Waals surface area contributed by atoms with Gasteiger partial charge in [-0.2, -0.15) is 0 Å². The number of hydrogen-bond acceptors (Lipinski definition) is 3. The minimum Gasteiger partial charge on any atom is -0.490 e. The molecule has 1 unspecified atom stereocenters. The number of hydrogen-bond donors (Lipinski definition) is 3. The van der Waals surface area contributed by atoms with Crippen molar-refractivity contribution in [1.82, 2.24) is 16.0 Å². The minimum atomic E-state index is -0.311.